The van der Waals surface area contributed by atoms with Crippen molar-refractivity contribution in [2.45, 2.75) is 45.4 Å². The minimum Gasteiger partial charge on any atom is -0.361 e. The first kappa shape index (κ1) is 15.2. The average molecular weight is 279 g/mol. The molecule has 2 heterocycles. The number of carbonyl (C=O) groups is 1. The molecule has 1 saturated heterocycles. The van der Waals surface area contributed by atoms with Crippen LogP contribution in [0.1, 0.15) is 33.5 Å². The summed E-state index contributed by atoms with van der Waals surface area (Å²) in [7, 11) is 4.00. The van der Waals surface area contributed by atoms with E-state index in [1.54, 1.807) is 6.20 Å². The fourth-order valence-corrected chi connectivity index (χ4v) is 2.98. The molecule has 1 aliphatic rings. The third-order valence-corrected chi connectivity index (χ3v) is 4.09. The van der Waals surface area contributed by atoms with E-state index in [1.807, 2.05) is 52.6 Å². The Morgan fingerprint density at radius 2 is 2.05 bits per heavy atom. The molecule has 2 rings (SSSR count). The number of rotatable bonds is 4. The molecule has 0 bridgehead atoms. The molecule has 0 amide bonds. The van der Waals surface area contributed by atoms with Gasteiger partial charge in [-0.25, -0.2) is 4.98 Å². The normalized spacial score (nSPS) is 24.6. The predicted molar refractivity (Wildman–Crippen MR) is 77.3 cm³/mol. The van der Waals surface area contributed by atoms with Crippen molar-refractivity contribution in [3.63, 3.8) is 0 Å². The molecule has 1 aromatic rings. The van der Waals surface area contributed by atoms with Gasteiger partial charge in [0, 0.05) is 26.0 Å². The van der Waals surface area contributed by atoms with Crippen LogP contribution >= 0.6 is 0 Å². The van der Waals surface area contributed by atoms with E-state index in [0.717, 1.165) is 12.4 Å². The van der Waals surface area contributed by atoms with Crippen molar-refractivity contribution < 1.29 is 9.53 Å². The maximum Gasteiger partial charge on any atom is 0.171 e. The van der Waals surface area contributed by atoms with Crippen LogP contribution in [0.2, 0.25) is 0 Å². The summed E-state index contributed by atoms with van der Waals surface area (Å²) in [5, 5.41) is 0. The Balaban J connectivity index is 2.06. The molecular formula is C15H25N3O2. The highest BCUT2D eigenvalue weighted by Gasteiger charge is 2.53. The smallest absolute Gasteiger partial charge is 0.171 e. The van der Waals surface area contributed by atoms with Gasteiger partial charge in [0.05, 0.1) is 18.1 Å². The lowest BCUT2D eigenvalue weighted by atomic mass is 9.85. The van der Waals surface area contributed by atoms with Crippen molar-refractivity contribution in [1.29, 1.82) is 0 Å². The van der Waals surface area contributed by atoms with Gasteiger partial charge in [-0.3, -0.25) is 9.69 Å². The molecule has 0 spiro atoms. The largest absolute Gasteiger partial charge is 0.361 e. The Morgan fingerprint density at radius 1 is 1.40 bits per heavy atom. The molecule has 5 heteroatoms. The zero-order chi connectivity index (χ0) is 15.1. The van der Waals surface area contributed by atoms with Gasteiger partial charge in [-0.2, -0.15) is 0 Å². The molecule has 0 aromatic carbocycles. The predicted octanol–water partition coefficient (Wildman–Crippen LogP) is 1.62. The third-order valence-electron chi connectivity index (χ3n) is 4.09. The number of aromatic nitrogens is 2. The highest BCUT2D eigenvalue weighted by atomic mass is 16.5. The van der Waals surface area contributed by atoms with E-state index in [2.05, 4.69) is 9.88 Å². The zero-order valence-corrected chi connectivity index (χ0v) is 13.3. The van der Waals surface area contributed by atoms with Gasteiger partial charge < -0.3 is 9.30 Å². The second kappa shape index (κ2) is 4.97. The van der Waals surface area contributed by atoms with E-state index in [-0.39, 0.29) is 11.7 Å². The highest BCUT2D eigenvalue weighted by Crippen LogP contribution is 2.39. The van der Waals surface area contributed by atoms with Crippen LogP contribution < -0.4 is 0 Å². The summed E-state index contributed by atoms with van der Waals surface area (Å²) < 4.78 is 7.92. The molecule has 0 N–H and O–H groups in total. The molecular weight excluding hydrogens is 254 g/mol. The minimum absolute atomic E-state index is 0.109. The van der Waals surface area contributed by atoms with E-state index < -0.39 is 11.2 Å². The molecule has 0 aliphatic carbocycles. The second-order valence-corrected chi connectivity index (χ2v) is 6.78. The topological polar surface area (TPSA) is 47.4 Å². The molecule has 1 aromatic heterocycles. The number of hydrogen-bond donors (Lipinski definition) is 0. The summed E-state index contributed by atoms with van der Waals surface area (Å²) in [5.74, 6) is 1.08. The molecule has 0 radical (unpaired) electrons. The lowest BCUT2D eigenvalue weighted by molar-refractivity contribution is -0.132. The van der Waals surface area contributed by atoms with Gasteiger partial charge in [0.25, 0.3) is 0 Å². The maximum atomic E-state index is 12.5. The third kappa shape index (κ3) is 2.79. The van der Waals surface area contributed by atoms with Crippen LogP contribution in [0.25, 0.3) is 0 Å². The van der Waals surface area contributed by atoms with E-state index in [0.29, 0.717) is 6.54 Å². The summed E-state index contributed by atoms with van der Waals surface area (Å²) in [6, 6.07) is 0. The van der Waals surface area contributed by atoms with Gasteiger partial charge in [-0.05, 0) is 34.7 Å². The van der Waals surface area contributed by atoms with E-state index in [9.17, 15) is 4.79 Å². The number of nitrogens with zero attached hydrogens (tertiary/aromatic N) is 3. The summed E-state index contributed by atoms with van der Waals surface area (Å²) >= 11 is 0. The van der Waals surface area contributed by atoms with Crippen LogP contribution in [0, 0.1) is 5.92 Å². The van der Waals surface area contributed by atoms with Crippen molar-refractivity contribution in [2.24, 2.45) is 13.0 Å². The van der Waals surface area contributed by atoms with Crippen molar-refractivity contribution >= 4 is 5.78 Å². The van der Waals surface area contributed by atoms with Crippen molar-refractivity contribution in [1.82, 2.24) is 14.5 Å². The first-order chi connectivity index (χ1) is 9.13. The van der Waals surface area contributed by atoms with Crippen LogP contribution in [0.5, 0.6) is 0 Å². The summed E-state index contributed by atoms with van der Waals surface area (Å²) in [6.45, 7) is 9.12. The van der Waals surface area contributed by atoms with Crippen LogP contribution in [-0.2, 0) is 23.1 Å². The van der Waals surface area contributed by atoms with Crippen molar-refractivity contribution in [2.75, 3.05) is 13.6 Å². The lowest BCUT2D eigenvalue weighted by Gasteiger charge is -2.28. The summed E-state index contributed by atoms with van der Waals surface area (Å²) in [5.41, 5.74) is -1.10. The number of aryl methyl sites for hydroxylation is 1. The van der Waals surface area contributed by atoms with Crippen LogP contribution in [0.3, 0.4) is 0 Å². The number of carbonyl (C=O) groups excluding carboxylic acids is 1. The van der Waals surface area contributed by atoms with Crippen molar-refractivity contribution in [3.8, 4) is 0 Å². The molecule has 20 heavy (non-hydrogen) atoms. The molecule has 112 valence electrons. The summed E-state index contributed by atoms with van der Waals surface area (Å²) in [6.07, 6.45) is 3.72. The van der Waals surface area contributed by atoms with E-state index in [4.69, 9.17) is 4.74 Å². The Morgan fingerprint density at radius 3 is 2.50 bits per heavy atom. The van der Waals surface area contributed by atoms with Gasteiger partial charge >= 0.3 is 0 Å². The Labute approximate surface area is 120 Å². The maximum absolute atomic E-state index is 12.5. The molecule has 1 unspecified atom stereocenters. The standard InChI is InChI=1S/C15H25N3O2/c1-14(2)11(13(19)15(3,4)20-14)9-17(5)10-12-16-7-8-18(12)6/h7-8,11H,9-10H2,1-6H3. The molecule has 5 nitrogen and oxygen atoms in total. The van der Waals surface area contributed by atoms with Crippen molar-refractivity contribution in [3.05, 3.63) is 18.2 Å². The Hall–Kier alpha value is -1.20. The van der Waals surface area contributed by atoms with Crippen LogP contribution in [0.4, 0.5) is 0 Å². The van der Waals surface area contributed by atoms with Crippen LogP contribution in [0.15, 0.2) is 12.4 Å². The van der Waals surface area contributed by atoms with Gasteiger partial charge in [-0.1, -0.05) is 0 Å². The van der Waals surface area contributed by atoms with E-state index >= 15 is 0 Å². The number of hydrogen-bond acceptors (Lipinski definition) is 4. The van der Waals surface area contributed by atoms with Gasteiger partial charge in [0.15, 0.2) is 5.78 Å². The molecule has 0 saturated carbocycles. The number of Topliss-reactive ketones (excluding diaryl/α,β-unsaturated/α-hetero) is 1. The number of ketones is 1. The Bertz CT molecular complexity index is 505. The van der Waals surface area contributed by atoms with Gasteiger partial charge in [0.2, 0.25) is 0 Å². The first-order valence-corrected chi connectivity index (χ1v) is 7.03. The summed E-state index contributed by atoms with van der Waals surface area (Å²) in [4.78, 5) is 18.9. The Kier molecular flexibility index (Phi) is 3.77. The quantitative estimate of drug-likeness (QED) is 0.840. The van der Waals surface area contributed by atoms with Gasteiger partial charge in [0.1, 0.15) is 11.4 Å². The van der Waals surface area contributed by atoms with E-state index in [1.165, 1.54) is 0 Å². The molecule has 1 aliphatic heterocycles. The van der Waals surface area contributed by atoms with Gasteiger partial charge in [-0.15, -0.1) is 0 Å². The fraction of sp³-hybridized carbons (Fsp3) is 0.733. The SMILES string of the molecule is CN(Cc1nccn1C)CC1C(=O)C(C)(C)OC1(C)C. The number of ether oxygens (including phenoxy) is 1. The monoisotopic (exact) mass is 279 g/mol. The second-order valence-electron chi connectivity index (χ2n) is 6.78. The minimum atomic E-state index is -0.682. The number of imidazole rings is 1. The lowest BCUT2D eigenvalue weighted by Crippen LogP contribution is -2.39. The fourth-order valence-electron chi connectivity index (χ4n) is 2.98. The highest BCUT2D eigenvalue weighted by molar-refractivity contribution is 5.91. The van der Waals surface area contributed by atoms with Crippen LogP contribution in [-0.4, -0.2) is 45.0 Å². The molecule has 1 fully saturated rings. The average Bonchev–Trinajstić information content (AvgIpc) is 2.74. The zero-order valence-electron chi connectivity index (χ0n) is 13.3. The first-order valence-electron chi connectivity index (χ1n) is 7.03. The molecule has 1 atom stereocenters.